The second-order valence-electron chi connectivity index (χ2n) is 6.91. The van der Waals surface area contributed by atoms with Gasteiger partial charge in [0.05, 0.1) is 13.2 Å². The first-order valence-electron chi connectivity index (χ1n) is 7.64. The van der Waals surface area contributed by atoms with Crippen molar-refractivity contribution in [3.63, 3.8) is 0 Å². The van der Waals surface area contributed by atoms with Crippen LogP contribution in [-0.2, 0) is 4.74 Å². The fraction of sp³-hybridized carbons (Fsp3) is 1.00. The molecular formula is C15H30N2OS. The summed E-state index contributed by atoms with van der Waals surface area (Å²) in [6.45, 7) is 17.2. The van der Waals surface area contributed by atoms with Crippen molar-refractivity contribution in [1.29, 1.82) is 0 Å². The molecule has 2 rings (SSSR count). The normalized spacial score (nSPS) is 30.9. The van der Waals surface area contributed by atoms with E-state index >= 15 is 0 Å². The lowest BCUT2D eigenvalue weighted by Crippen LogP contribution is -2.46. The maximum absolute atomic E-state index is 5.47. The number of hydrogen-bond acceptors (Lipinski definition) is 4. The minimum atomic E-state index is 0.398. The molecule has 0 bridgehead atoms. The fourth-order valence-corrected chi connectivity index (χ4v) is 4.06. The van der Waals surface area contributed by atoms with Crippen molar-refractivity contribution in [2.24, 2.45) is 5.92 Å². The molecular weight excluding hydrogens is 256 g/mol. The van der Waals surface area contributed by atoms with Gasteiger partial charge < -0.3 is 9.64 Å². The van der Waals surface area contributed by atoms with Gasteiger partial charge in [-0.3, -0.25) is 4.90 Å². The maximum atomic E-state index is 5.47. The number of morpholine rings is 1. The summed E-state index contributed by atoms with van der Waals surface area (Å²) >= 11 is 2.08. The lowest BCUT2D eigenvalue weighted by Gasteiger charge is -2.34. The average molecular weight is 286 g/mol. The van der Waals surface area contributed by atoms with Crippen molar-refractivity contribution in [3.05, 3.63) is 0 Å². The molecule has 2 atom stereocenters. The number of nitrogens with zero attached hydrogens (tertiary/aromatic N) is 2. The van der Waals surface area contributed by atoms with Gasteiger partial charge in [0.2, 0.25) is 0 Å². The van der Waals surface area contributed by atoms with E-state index < -0.39 is 0 Å². The molecule has 0 saturated carbocycles. The molecule has 0 aliphatic carbocycles. The number of thioether (sulfide) groups is 1. The van der Waals surface area contributed by atoms with Gasteiger partial charge >= 0.3 is 0 Å². The number of likely N-dealkylation sites (tertiary alicyclic amines) is 1. The Morgan fingerprint density at radius 2 is 1.84 bits per heavy atom. The van der Waals surface area contributed by atoms with Gasteiger partial charge in [-0.25, -0.2) is 0 Å². The minimum Gasteiger partial charge on any atom is -0.379 e. The van der Waals surface area contributed by atoms with Crippen LogP contribution < -0.4 is 0 Å². The van der Waals surface area contributed by atoms with Crippen molar-refractivity contribution in [1.82, 2.24) is 9.80 Å². The summed E-state index contributed by atoms with van der Waals surface area (Å²) in [5.74, 6) is 2.06. The zero-order chi connectivity index (χ0) is 13.9. The van der Waals surface area contributed by atoms with Crippen LogP contribution in [-0.4, -0.2) is 72.3 Å². The van der Waals surface area contributed by atoms with E-state index in [1.807, 2.05) is 0 Å². The van der Waals surface area contributed by atoms with Gasteiger partial charge in [0, 0.05) is 49.3 Å². The van der Waals surface area contributed by atoms with E-state index in [9.17, 15) is 0 Å². The predicted octanol–water partition coefficient (Wildman–Crippen LogP) is 2.17. The van der Waals surface area contributed by atoms with E-state index in [0.717, 1.165) is 38.3 Å². The Morgan fingerprint density at radius 3 is 2.47 bits per heavy atom. The van der Waals surface area contributed by atoms with Crippen molar-refractivity contribution < 1.29 is 4.74 Å². The third-order valence-electron chi connectivity index (χ3n) is 4.11. The molecule has 0 aromatic rings. The highest BCUT2D eigenvalue weighted by Crippen LogP contribution is 2.26. The molecule has 2 unspecified atom stereocenters. The highest BCUT2D eigenvalue weighted by molar-refractivity contribution is 8.00. The van der Waals surface area contributed by atoms with Crippen LogP contribution in [0.5, 0.6) is 0 Å². The molecule has 112 valence electrons. The summed E-state index contributed by atoms with van der Waals surface area (Å²) in [4.78, 5) is 5.30. The zero-order valence-corrected chi connectivity index (χ0v) is 13.8. The molecule has 2 heterocycles. The first-order valence-corrected chi connectivity index (χ1v) is 8.62. The quantitative estimate of drug-likeness (QED) is 0.787. The molecule has 0 aromatic heterocycles. The average Bonchev–Trinajstić information content (AvgIpc) is 2.70. The lowest BCUT2D eigenvalue weighted by atomic mass is 10.0. The Morgan fingerprint density at radius 1 is 1.16 bits per heavy atom. The fourth-order valence-electron chi connectivity index (χ4n) is 3.10. The minimum absolute atomic E-state index is 0.398. The monoisotopic (exact) mass is 286 g/mol. The third-order valence-corrected chi connectivity index (χ3v) is 5.36. The van der Waals surface area contributed by atoms with E-state index in [1.54, 1.807) is 0 Å². The molecule has 2 saturated heterocycles. The van der Waals surface area contributed by atoms with E-state index in [2.05, 4.69) is 49.3 Å². The van der Waals surface area contributed by atoms with Crippen LogP contribution >= 0.6 is 11.8 Å². The van der Waals surface area contributed by atoms with Gasteiger partial charge in [0.1, 0.15) is 0 Å². The van der Waals surface area contributed by atoms with Gasteiger partial charge in [-0.05, 0) is 5.92 Å². The molecule has 0 aromatic carbocycles. The van der Waals surface area contributed by atoms with Crippen LogP contribution in [0.15, 0.2) is 0 Å². The second-order valence-corrected chi connectivity index (χ2v) is 8.84. The van der Waals surface area contributed by atoms with Crippen LogP contribution in [0.4, 0.5) is 0 Å². The number of hydrogen-bond donors (Lipinski definition) is 0. The SMILES string of the molecule is CC1CN(CCSC(C)(C)C)CC1N1CCOCC1. The Balaban J connectivity index is 1.74. The molecule has 3 nitrogen and oxygen atoms in total. The van der Waals surface area contributed by atoms with Crippen LogP contribution in [0, 0.1) is 5.92 Å². The summed E-state index contributed by atoms with van der Waals surface area (Å²) in [7, 11) is 0. The van der Waals surface area contributed by atoms with Crippen LogP contribution in [0.25, 0.3) is 0 Å². The molecule has 2 fully saturated rings. The Hall–Kier alpha value is 0.230. The summed E-state index contributed by atoms with van der Waals surface area (Å²) in [5.41, 5.74) is 0. The molecule has 19 heavy (non-hydrogen) atoms. The summed E-state index contributed by atoms with van der Waals surface area (Å²) < 4.78 is 5.86. The Bertz CT molecular complexity index is 274. The van der Waals surface area contributed by atoms with Gasteiger partial charge in [-0.2, -0.15) is 11.8 Å². The highest BCUT2D eigenvalue weighted by Gasteiger charge is 2.34. The smallest absolute Gasteiger partial charge is 0.0594 e. The Labute approximate surface area is 123 Å². The summed E-state index contributed by atoms with van der Waals surface area (Å²) in [6.07, 6.45) is 0. The van der Waals surface area contributed by atoms with Crippen molar-refractivity contribution >= 4 is 11.8 Å². The van der Waals surface area contributed by atoms with Crippen LogP contribution in [0.1, 0.15) is 27.7 Å². The van der Waals surface area contributed by atoms with E-state index in [1.165, 1.54) is 25.4 Å². The molecule has 0 amide bonds. The largest absolute Gasteiger partial charge is 0.379 e. The van der Waals surface area contributed by atoms with Crippen molar-refractivity contribution in [3.8, 4) is 0 Å². The van der Waals surface area contributed by atoms with Crippen LogP contribution in [0.2, 0.25) is 0 Å². The summed E-state index contributed by atoms with van der Waals surface area (Å²) in [5, 5.41) is 0. The van der Waals surface area contributed by atoms with Gasteiger partial charge in [-0.15, -0.1) is 0 Å². The first-order chi connectivity index (χ1) is 8.96. The molecule has 0 N–H and O–H groups in total. The Kier molecular flexibility index (Phi) is 5.58. The van der Waals surface area contributed by atoms with E-state index in [0.29, 0.717) is 4.75 Å². The van der Waals surface area contributed by atoms with Crippen molar-refractivity contribution in [2.45, 2.75) is 38.5 Å². The topological polar surface area (TPSA) is 15.7 Å². The summed E-state index contributed by atoms with van der Waals surface area (Å²) in [6, 6.07) is 0.753. The molecule has 4 heteroatoms. The number of ether oxygens (including phenoxy) is 1. The third kappa shape index (κ3) is 4.92. The highest BCUT2D eigenvalue weighted by atomic mass is 32.2. The maximum Gasteiger partial charge on any atom is 0.0594 e. The molecule has 2 aliphatic rings. The predicted molar refractivity (Wildman–Crippen MR) is 84.0 cm³/mol. The van der Waals surface area contributed by atoms with Gasteiger partial charge in [0.15, 0.2) is 0 Å². The van der Waals surface area contributed by atoms with Gasteiger partial charge in [0.25, 0.3) is 0 Å². The first kappa shape index (κ1) is 15.6. The molecule has 0 spiro atoms. The van der Waals surface area contributed by atoms with E-state index in [-0.39, 0.29) is 0 Å². The zero-order valence-electron chi connectivity index (χ0n) is 13.0. The van der Waals surface area contributed by atoms with Crippen LogP contribution in [0.3, 0.4) is 0 Å². The lowest BCUT2D eigenvalue weighted by molar-refractivity contribution is 0.0119. The standard InChI is InChI=1S/C15H30N2OS/c1-13-11-16(7-10-19-15(2,3)4)12-14(13)17-5-8-18-9-6-17/h13-14H,5-12H2,1-4H3. The van der Waals surface area contributed by atoms with Crippen molar-refractivity contribution in [2.75, 3.05) is 51.7 Å². The molecule has 0 radical (unpaired) electrons. The van der Waals surface area contributed by atoms with Gasteiger partial charge in [-0.1, -0.05) is 27.7 Å². The second kappa shape index (κ2) is 6.79. The number of rotatable bonds is 4. The van der Waals surface area contributed by atoms with E-state index in [4.69, 9.17) is 4.74 Å². The molecule has 2 aliphatic heterocycles.